The van der Waals surface area contributed by atoms with Crippen molar-refractivity contribution >= 4 is 20.5 Å². The second-order valence-electron chi connectivity index (χ2n) is 6.28. The molecule has 0 radical (unpaired) electrons. The van der Waals surface area contributed by atoms with Crippen molar-refractivity contribution in [2.24, 2.45) is 0 Å². The summed E-state index contributed by atoms with van der Waals surface area (Å²) in [5.74, 6) is 0. The summed E-state index contributed by atoms with van der Waals surface area (Å²) in [6.07, 6.45) is -13.9. The molecule has 0 bridgehead atoms. The van der Waals surface area contributed by atoms with E-state index in [1.807, 2.05) is 0 Å². The molecule has 3 aromatic rings. The van der Waals surface area contributed by atoms with Crippen molar-refractivity contribution in [1.82, 2.24) is 0 Å². The molecule has 0 aliphatic rings. The maximum atomic E-state index is 12.9. The molecule has 11 heteroatoms. The average molecular weight is 668 g/mol. The van der Waals surface area contributed by atoms with Crippen molar-refractivity contribution < 1.29 is 55.6 Å². The number of halogens is 10. The predicted molar refractivity (Wildman–Crippen MR) is 99.1 cm³/mol. The molecule has 0 saturated carbocycles. The molecular weight excluding hydrogens is 656 g/mol. The topological polar surface area (TPSA) is 0 Å². The Morgan fingerprint density at radius 3 is 0.750 bits per heavy atom. The Labute approximate surface area is 184 Å². The van der Waals surface area contributed by atoms with Gasteiger partial charge in [0.15, 0.2) is 0 Å². The Hall–Kier alpha value is -1.94. The monoisotopic (exact) mass is 667 g/mol. The van der Waals surface area contributed by atoms with Crippen LogP contribution in [0.3, 0.4) is 0 Å². The van der Waals surface area contributed by atoms with Gasteiger partial charge in [-0.2, -0.15) is 0 Å². The van der Waals surface area contributed by atoms with Gasteiger partial charge < -0.3 is 0 Å². The van der Waals surface area contributed by atoms with Gasteiger partial charge in [0.2, 0.25) is 0 Å². The quantitative estimate of drug-likeness (QED) is 0.227. The Morgan fingerprint density at radius 1 is 0.406 bits per heavy atom. The number of rotatable bonds is 3. The fourth-order valence-corrected chi connectivity index (χ4v) is 10.7. The van der Waals surface area contributed by atoms with Crippen LogP contribution in [0.4, 0.5) is 39.5 Å². The third-order valence-electron chi connectivity index (χ3n) is 4.16. The van der Waals surface area contributed by atoms with E-state index in [1.54, 1.807) is 0 Å². The van der Waals surface area contributed by atoms with Gasteiger partial charge in [0.05, 0.1) is 0 Å². The maximum absolute atomic E-state index is 12.9. The molecule has 0 saturated heterocycles. The molecular formula is C21H12AuClF9. The molecule has 32 heavy (non-hydrogen) atoms. The summed E-state index contributed by atoms with van der Waals surface area (Å²) in [7, 11) is 6.95. The molecule has 0 fully saturated rings. The standard InChI is InChI=1S/3C7H4F3.Au.ClH/c3*8-7(9,10)6-4-2-1-3-5-6;;/h3*2-5H;;1H/q;;;+1;/p-1. The summed E-state index contributed by atoms with van der Waals surface area (Å²) in [5, 5.41) is 0. The first-order chi connectivity index (χ1) is 14.6. The van der Waals surface area contributed by atoms with Crippen LogP contribution in [0.15, 0.2) is 72.8 Å². The van der Waals surface area contributed by atoms with Crippen molar-refractivity contribution in [2.45, 2.75) is 18.5 Å². The van der Waals surface area contributed by atoms with Gasteiger partial charge >= 0.3 is 184 Å². The number of hydrogen-bond donors (Lipinski definition) is 0. The van der Waals surface area contributed by atoms with Gasteiger partial charge in [-0.05, 0) is 0 Å². The van der Waals surface area contributed by atoms with E-state index >= 15 is 0 Å². The van der Waals surface area contributed by atoms with Crippen molar-refractivity contribution in [2.75, 3.05) is 0 Å². The van der Waals surface area contributed by atoms with Crippen molar-refractivity contribution in [3.05, 3.63) is 89.5 Å². The Balaban J connectivity index is 2.17. The molecule has 0 nitrogen and oxygen atoms in total. The Kier molecular flexibility index (Phi) is 6.52. The molecule has 0 unspecified atom stereocenters. The molecule has 177 valence electrons. The molecule has 0 aromatic heterocycles. The minimum absolute atomic E-state index is 0.208. The van der Waals surface area contributed by atoms with Gasteiger partial charge in [-0.3, -0.25) is 0 Å². The second-order valence-corrected chi connectivity index (χ2v) is 15.7. The van der Waals surface area contributed by atoms with Crippen molar-refractivity contribution in [3.63, 3.8) is 0 Å². The van der Waals surface area contributed by atoms with E-state index in [0.29, 0.717) is 0 Å². The second kappa shape index (κ2) is 8.44. The summed E-state index contributed by atoms with van der Waals surface area (Å²) < 4.78 is 117. The summed E-state index contributed by atoms with van der Waals surface area (Å²) in [6.45, 7) is 0. The molecule has 3 aromatic carbocycles. The van der Waals surface area contributed by atoms with Crippen LogP contribution in [0.2, 0.25) is 0 Å². The fraction of sp³-hybridized carbons (Fsp3) is 0.143. The summed E-state index contributed by atoms with van der Waals surface area (Å²) in [4.78, 5) is 0. The van der Waals surface area contributed by atoms with E-state index in [4.69, 9.17) is 9.19 Å². The van der Waals surface area contributed by atoms with Crippen LogP contribution in [0, 0.1) is 0 Å². The van der Waals surface area contributed by atoms with Gasteiger partial charge in [-0.1, -0.05) is 0 Å². The summed E-state index contributed by atoms with van der Waals surface area (Å²) in [6, 6.07) is 11.3. The molecule has 3 rings (SSSR count). The van der Waals surface area contributed by atoms with Gasteiger partial charge in [0.1, 0.15) is 0 Å². The molecule has 0 amide bonds. The first kappa shape index (κ1) is 24.7. The number of alkyl halides is 9. The van der Waals surface area contributed by atoms with Crippen LogP contribution < -0.4 is 11.3 Å². The summed E-state index contributed by atoms with van der Waals surface area (Å²) >= 11 is -4.23. The average Bonchev–Trinajstić information content (AvgIpc) is 2.71. The molecule has 0 atom stereocenters. The normalized spacial score (nSPS) is 13.8. The van der Waals surface area contributed by atoms with Crippen LogP contribution in [-0.2, 0) is 34.6 Å². The molecule has 0 heterocycles. The first-order valence-electron chi connectivity index (χ1n) is 8.48. The minimum atomic E-state index is -4.62. The molecule has 0 aliphatic heterocycles. The third kappa shape index (κ3) is 5.01. The summed E-state index contributed by atoms with van der Waals surface area (Å²) in [5.41, 5.74) is -2.87. The van der Waals surface area contributed by atoms with E-state index in [2.05, 4.69) is 0 Å². The fourth-order valence-electron chi connectivity index (χ4n) is 2.60. The molecule has 0 spiro atoms. The van der Waals surface area contributed by atoms with Gasteiger partial charge in [0.25, 0.3) is 0 Å². The van der Waals surface area contributed by atoms with Crippen molar-refractivity contribution in [3.8, 4) is 0 Å². The van der Waals surface area contributed by atoms with Crippen molar-refractivity contribution in [1.29, 1.82) is 0 Å². The zero-order valence-electron chi connectivity index (χ0n) is 15.5. The Bertz CT molecular complexity index is 926. The van der Waals surface area contributed by atoms with Crippen LogP contribution in [0.5, 0.6) is 0 Å². The Morgan fingerprint density at radius 2 is 0.594 bits per heavy atom. The first-order valence-corrected chi connectivity index (χ1v) is 14.4. The number of benzene rings is 3. The number of hydrogen-bond acceptors (Lipinski definition) is 0. The van der Waals surface area contributed by atoms with Crippen LogP contribution in [-0.4, -0.2) is 0 Å². The predicted octanol–water partition coefficient (Wildman–Crippen LogP) is 6.33. The van der Waals surface area contributed by atoms with Gasteiger partial charge in [-0.15, -0.1) is 0 Å². The van der Waals surface area contributed by atoms with Crippen LogP contribution in [0.25, 0.3) is 0 Å². The van der Waals surface area contributed by atoms with Crippen LogP contribution >= 0.6 is 9.19 Å². The van der Waals surface area contributed by atoms with E-state index in [9.17, 15) is 39.5 Å². The third-order valence-corrected chi connectivity index (χ3v) is 14.7. The van der Waals surface area contributed by atoms with E-state index in [1.165, 1.54) is 0 Å². The van der Waals surface area contributed by atoms with Gasteiger partial charge in [-0.25, -0.2) is 0 Å². The van der Waals surface area contributed by atoms with E-state index in [0.717, 1.165) is 72.8 Å². The molecule has 0 N–H and O–H groups in total. The van der Waals surface area contributed by atoms with Gasteiger partial charge in [0, 0.05) is 0 Å². The zero-order valence-corrected chi connectivity index (χ0v) is 18.4. The van der Waals surface area contributed by atoms with E-state index < -0.39 is 51.3 Å². The van der Waals surface area contributed by atoms with Crippen LogP contribution in [0.1, 0.15) is 16.7 Å². The van der Waals surface area contributed by atoms with E-state index in [-0.39, 0.29) is 11.3 Å². The zero-order chi connectivity index (χ0) is 23.9. The SMILES string of the molecule is FC(F)(F)c1cc[c]([Au]([Cl])([c]2ccc(C(F)(F)F)cc2)[c]2ccc(C(F)(F)F)cc2)cc1. The molecule has 0 aliphatic carbocycles.